The van der Waals surface area contributed by atoms with Gasteiger partial charge in [-0.3, -0.25) is 0 Å². The number of aromatic carboxylic acids is 1. The summed E-state index contributed by atoms with van der Waals surface area (Å²) in [6.07, 6.45) is 0. The average Bonchev–Trinajstić information content (AvgIpc) is 3.16. The first-order chi connectivity index (χ1) is 10.2. The molecule has 0 aliphatic rings. The summed E-state index contributed by atoms with van der Waals surface area (Å²) in [7, 11) is 1.60. The highest BCUT2D eigenvalue weighted by molar-refractivity contribution is 7.08. The number of hydrogen-bond donors (Lipinski definition) is 1. The number of carboxylic acids is 1. The number of rotatable bonds is 4. The Morgan fingerprint density at radius 1 is 1.29 bits per heavy atom. The number of nitrogens with zero attached hydrogens (tertiary/aromatic N) is 2. The molecule has 2 heterocycles. The molecule has 5 nitrogen and oxygen atoms in total. The SMILES string of the molecule is COc1ccc(-c2cc(C(=O)O)n(-c3ccsc3)n2)cc1. The lowest BCUT2D eigenvalue weighted by Crippen LogP contribution is -2.06. The molecule has 6 heteroatoms. The van der Waals surface area contributed by atoms with Crippen molar-refractivity contribution in [3.63, 3.8) is 0 Å². The van der Waals surface area contributed by atoms with E-state index in [1.165, 1.54) is 16.0 Å². The van der Waals surface area contributed by atoms with Gasteiger partial charge in [0.25, 0.3) is 0 Å². The van der Waals surface area contributed by atoms with Gasteiger partial charge in [0.1, 0.15) is 5.75 Å². The molecule has 1 aromatic carbocycles. The Bertz CT molecular complexity index is 761. The summed E-state index contributed by atoms with van der Waals surface area (Å²) in [6, 6.07) is 10.7. The van der Waals surface area contributed by atoms with Crippen LogP contribution in [0.25, 0.3) is 16.9 Å². The van der Waals surface area contributed by atoms with Crippen molar-refractivity contribution in [2.45, 2.75) is 0 Å². The first-order valence-corrected chi connectivity index (χ1v) is 7.13. The van der Waals surface area contributed by atoms with Crippen molar-refractivity contribution in [3.8, 4) is 22.7 Å². The molecule has 106 valence electrons. The van der Waals surface area contributed by atoms with Gasteiger partial charge in [-0.15, -0.1) is 0 Å². The fraction of sp³-hybridized carbons (Fsp3) is 0.0667. The van der Waals surface area contributed by atoms with Crippen molar-refractivity contribution in [3.05, 3.63) is 52.9 Å². The van der Waals surface area contributed by atoms with Crippen LogP contribution < -0.4 is 4.74 Å². The number of benzene rings is 1. The van der Waals surface area contributed by atoms with Crippen LogP contribution in [-0.4, -0.2) is 28.0 Å². The van der Waals surface area contributed by atoms with Crippen LogP contribution in [0.5, 0.6) is 5.75 Å². The summed E-state index contributed by atoms with van der Waals surface area (Å²) in [5.41, 5.74) is 2.34. The van der Waals surface area contributed by atoms with Crippen molar-refractivity contribution >= 4 is 17.3 Å². The Balaban J connectivity index is 2.07. The highest BCUT2D eigenvalue weighted by atomic mass is 32.1. The summed E-state index contributed by atoms with van der Waals surface area (Å²) in [5, 5.41) is 17.5. The molecule has 0 spiro atoms. The van der Waals surface area contributed by atoms with Gasteiger partial charge in [0.05, 0.1) is 18.5 Å². The topological polar surface area (TPSA) is 64.3 Å². The molecule has 0 bridgehead atoms. The lowest BCUT2D eigenvalue weighted by molar-refractivity contribution is 0.0687. The molecule has 0 unspecified atom stereocenters. The molecule has 21 heavy (non-hydrogen) atoms. The fourth-order valence-electron chi connectivity index (χ4n) is 2.01. The van der Waals surface area contributed by atoms with Gasteiger partial charge in [0.2, 0.25) is 0 Å². The van der Waals surface area contributed by atoms with Crippen LogP contribution in [0, 0.1) is 0 Å². The molecule has 0 aliphatic carbocycles. The number of thiophene rings is 1. The smallest absolute Gasteiger partial charge is 0.354 e. The zero-order chi connectivity index (χ0) is 14.8. The van der Waals surface area contributed by atoms with E-state index in [2.05, 4.69) is 5.10 Å². The maximum absolute atomic E-state index is 11.4. The Hall–Kier alpha value is -2.60. The zero-order valence-corrected chi connectivity index (χ0v) is 12.0. The van der Waals surface area contributed by atoms with Crippen molar-refractivity contribution < 1.29 is 14.6 Å². The van der Waals surface area contributed by atoms with Gasteiger partial charge in [-0.2, -0.15) is 16.4 Å². The van der Waals surface area contributed by atoms with Crippen molar-refractivity contribution in [1.82, 2.24) is 9.78 Å². The highest BCUT2D eigenvalue weighted by Crippen LogP contribution is 2.24. The second-order valence-corrected chi connectivity index (χ2v) is 5.12. The van der Waals surface area contributed by atoms with Crippen LogP contribution in [0.1, 0.15) is 10.5 Å². The van der Waals surface area contributed by atoms with Crippen LogP contribution >= 0.6 is 11.3 Å². The van der Waals surface area contributed by atoms with E-state index in [1.807, 2.05) is 41.1 Å². The third-order valence-electron chi connectivity index (χ3n) is 3.06. The second-order valence-electron chi connectivity index (χ2n) is 4.34. The summed E-state index contributed by atoms with van der Waals surface area (Å²) < 4.78 is 6.56. The molecule has 2 aromatic heterocycles. The van der Waals surface area contributed by atoms with E-state index in [0.717, 1.165) is 17.0 Å². The van der Waals surface area contributed by atoms with Gasteiger partial charge in [0.15, 0.2) is 5.69 Å². The minimum Gasteiger partial charge on any atom is -0.497 e. The van der Waals surface area contributed by atoms with E-state index < -0.39 is 5.97 Å². The molecule has 1 N–H and O–H groups in total. The molecule has 3 aromatic rings. The summed E-state index contributed by atoms with van der Waals surface area (Å²) in [4.78, 5) is 11.4. The van der Waals surface area contributed by atoms with E-state index in [9.17, 15) is 9.90 Å². The number of hydrogen-bond acceptors (Lipinski definition) is 4. The first kappa shape index (κ1) is 13.4. The van der Waals surface area contributed by atoms with E-state index in [0.29, 0.717) is 5.69 Å². The second kappa shape index (κ2) is 5.41. The quantitative estimate of drug-likeness (QED) is 0.803. The van der Waals surface area contributed by atoms with E-state index in [4.69, 9.17) is 4.74 Å². The van der Waals surface area contributed by atoms with Gasteiger partial charge in [-0.1, -0.05) is 0 Å². The number of methoxy groups -OCH3 is 1. The Labute approximate surface area is 125 Å². The maximum atomic E-state index is 11.4. The molecule has 0 aliphatic heterocycles. The van der Waals surface area contributed by atoms with Crippen LogP contribution in [-0.2, 0) is 0 Å². The number of carboxylic acid groups (broad SMARTS) is 1. The Kier molecular flexibility index (Phi) is 3.45. The normalized spacial score (nSPS) is 10.5. The minimum atomic E-state index is -1.01. The molecule has 0 saturated heterocycles. The molecule has 0 radical (unpaired) electrons. The van der Waals surface area contributed by atoms with Gasteiger partial charge in [0, 0.05) is 10.9 Å². The molecule has 0 amide bonds. The number of carbonyl (C=O) groups is 1. The van der Waals surface area contributed by atoms with Gasteiger partial charge in [-0.25, -0.2) is 9.48 Å². The van der Waals surface area contributed by atoms with Crippen LogP contribution in [0.2, 0.25) is 0 Å². The van der Waals surface area contributed by atoms with Crippen molar-refractivity contribution in [1.29, 1.82) is 0 Å². The number of aromatic nitrogens is 2. The standard InChI is InChI=1S/C15H12N2O3S/c1-20-12-4-2-10(3-5-12)13-8-14(15(18)19)17(16-13)11-6-7-21-9-11/h2-9H,1H3,(H,18,19). The molecule has 0 saturated carbocycles. The van der Waals surface area contributed by atoms with Gasteiger partial charge < -0.3 is 9.84 Å². The van der Waals surface area contributed by atoms with E-state index in [1.54, 1.807) is 13.2 Å². The fourth-order valence-corrected chi connectivity index (χ4v) is 2.63. The third kappa shape index (κ3) is 2.53. The number of ether oxygens (including phenoxy) is 1. The molecular formula is C15H12N2O3S. The third-order valence-corrected chi connectivity index (χ3v) is 3.74. The largest absolute Gasteiger partial charge is 0.497 e. The van der Waals surface area contributed by atoms with Crippen LogP contribution in [0.4, 0.5) is 0 Å². The lowest BCUT2D eigenvalue weighted by Gasteiger charge is -2.01. The van der Waals surface area contributed by atoms with E-state index in [-0.39, 0.29) is 5.69 Å². The highest BCUT2D eigenvalue weighted by Gasteiger charge is 2.16. The Morgan fingerprint density at radius 2 is 2.05 bits per heavy atom. The molecule has 3 rings (SSSR count). The molecule has 0 fully saturated rings. The molecular weight excluding hydrogens is 288 g/mol. The first-order valence-electron chi connectivity index (χ1n) is 6.19. The monoisotopic (exact) mass is 300 g/mol. The van der Waals surface area contributed by atoms with Crippen molar-refractivity contribution in [2.24, 2.45) is 0 Å². The predicted molar refractivity (Wildman–Crippen MR) is 80.4 cm³/mol. The minimum absolute atomic E-state index is 0.138. The van der Waals surface area contributed by atoms with Crippen LogP contribution in [0.15, 0.2) is 47.2 Å². The van der Waals surface area contributed by atoms with Crippen LogP contribution in [0.3, 0.4) is 0 Å². The van der Waals surface area contributed by atoms with Crippen molar-refractivity contribution in [2.75, 3.05) is 7.11 Å². The Morgan fingerprint density at radius 3 is 2.62 bits per heavy atom. The maximum Gasteiger partial charge on any atom is 0.354 e. The summed E-state index contributed by atoms with van der Waals surface area (Å²) in [5.74, 6) is -0.261. The lowest BCUT2D eigenvalue weighted by atomic mass is 10.1. The zero-order valence-electron chi connectivity index (χ0n) is 11.2. The predicted octanol–water partition coefficient (Wildman–Crippen LogP) is 3.31. The van der Waals surface area contributed by atoms with Gasteiger partial charge >= 0.3 is 5.97 Å². The van der Waals surface area contributed by atoms with Gasteiger partial charge in [-0.05, 0) is 41.8 Å². The summed E-state index contributed by atoms with van der Waals surface area (Å²) in [6.45, 7) is 0. The summed E-state index contributed by atoms with van der Waals surface area (Å²) >= 11 is 1.49. The molecule has 0 atom stereocenters. The average molecular weight is 300 g/mol. The van der Waals surface area contributed by atoms with E-state index >= 15 is 0 Å².